The first kappa shape index (κ1) is 23.2. The third kappa shape index (κ3) is 5.44. The minimum absolute atomic E-state index is 0.0380. The second-order valence-corrected chi connectivity index (χ2v) is 8.39. The highest BCUT2D eigenvalue weighted by Gasteiger charge is 2.24. The summed E-state index contributed by atoms with van der Waals surface area (Å²) in [6, 6.07) is 18.5. The second kappa shape index (κ2) is 9.80. The van der Waals surface area contributed by atoms with Crippen LogP contribution in [0.2, 0.25) is 0 Å². The van der Waals surface area contributed by atoms with Crippen LogP contribution in [0.1, 0.15) is 18.1 Å². The van der Waals surface area contributed by atoms with E-state index in [1.165, 1.54) is 25.3 Å². The quantitative estimate of drug-likeness (QED) is 0.289. The van der Waals surface area contributed by atoms with E-state index in [-0.39, 0.29) is 22.0 Å². The smallest absolute Gasteiger partial charge is 0.270 e. The number of nitrogens with zero attached hydrogens (tertiary/aromatic N) is 3. The highest BCUT2D eigenvalue weighted by molar-refractivity contribution is 7.93. The van der Waals surface area contributed by atoms with Crippen molar-refractivity contribution in [2.24, 2.45) is 5.10 Å². The monoisotopic (exact) mass is 465 g/mol. The number of hydrogen-bond donors (Lipinski definition) is 2. The lowest BCUT2D eigenvalue weighted by atomic mass is 10.1. The van der Waals surface area contributed by atoms with Gasteiger partial charge in [0.05, 0.1) is 40.8 Å². The molecule has 3 aromatic rings. The molecule has 11 heteroatoms. The van der Waals surface area contributed by atoms with E-state index in [2.05, 4.69) is 15.2 Å². The van der Waals surface area contributed by atoms with Gasteiger partial charge in [-0.1, -0.05) is 24.3 Å². The molecule has 33 heavy (non-hydrogen) atoms. The van der Waals surface area contributed by atoms with Crippen molar-refractivity contribution in [1.82, 2.24) is 0 Å². The van der Waals surface area contributed by atoms with Crippen LogP contribution < -0.4 is 14.9 Å². The number of nitriles is 1. The molecule has 168 valence electrons. The Bertz CT molecular complexity index is 1360. The number of nitrogens with one attached hydrogen (secondary N) is 2. The predicted molar refractivity (Wildman–Crippen MR) is 124 cm³/mol. The molecule has 0 heterocycles. The van der Waals surface area contributed by atoms with Gasteiger partial charge in [0.1, 0.15) is 10.6 Å². The fraction of sp³-hybridized carbons (Fsp3) is 0.0909. The van der Waals surface area contributed by atoms with Crippen molar-refractivity contribution < 1.29 is 18.1 Å². The van der Waals surface area contributed by atoms with Gasteiger partial charge in [0.2, 0.25) is 0 Å². The summed E-state index contributed by atoms with van der Waals surface area (Å²) in [4.78, 5) is 10.2. The number of benzene rings is 3. The Hall–Kier alpha value is -4.43. The largest absolute Gasteiger partial charge is 0.495 e. The minimum Gasteiger partial charge on any atom is -0.495 e. The summed E-state index contributed by atoms with van der Waals surface area (Å²) in [5.41, 5.74) is 4.21. The molecule has 0 bridgehead atoms. The van der Waals surface area contributed by atoms with Gasteiger partial charge in [0.25, 0.3) is 15.7 Å². The van der Waals surface area contributed by atoms with Crippen LogP contribution in [-0.4, -0.2) is 26.2 Å². The fourth-order valence-electron chi connectivity index (χ4n) is 2.86. The number of methoxy groups -OCH3 is 1. The van der Waals surface area contributed by atoms with E-state index in [0.717, 1.165) is 6.07 Å². The summed E-state index contributed by atoms with van der Waals surface area (Å²) in [6.45, 7) is 1.70. The summed E-state index contributed by atoms with van der Waals surface area (Å²) in [5, 5.41) is 24.4. The van der Waals surface area contributed by atoms with Gasteiger partial charge >= 0.3 is 0 Å². The van der Waals surface area contributed by atoms with Crippen LogP contribution >= 0.6 is 0 Å². The molecule has 0 atom stereocenters. The maximum absolute atomic E-state index is 13.1. The number of hydrogen-bond acceptors (Lipinski definition) is 8. The molecular formula is C22H19N5O5S. The van der Waals surface area contributed by atoms with Crippen molar-refractivity contribution >= 4 is 32.8 Å². The van der Waals surface area contributed by atoms with Gasteiger partial charge in [0, 0.05) is 12.1 Å². The molecule has 0 saturated heterocycles. The second-order valence-electron chi connectivity index (χ2n) is 6.74. The lowest BCUT2D eigenvalue weighted by molar-refractivity contribution is -0.385. The Morgan fingerprint density at radius 2 is 1.79 bits per heavy atom. The first-order valence-corrected chi connectivity index (χ1v) is 11.0. The van der Waals surface area contributed by atoms with Gasteiger partial charge < -0.3 is 4.74 Å². The van der Waals surface area contributed by atoms with Crippen LogP contribution in [0.5, 0.6) is 5.75 Å². The molecule has 0 fully saturated rings. The Labute approximate surface area is 190 Å². The number of nitro groups is 1. The molecule has 2 N–H and O–H groups in total. The Balaban J connectivity index is 1.99. The zero-order chi connectivity index (χ0) is 24.0. The lowest BCUT2D eigenvalue weighted by Gasteiger charge is -2.14. The molecule has 3 rings (SSSR count). The van der Waals surface area contributed by atoms with E-state index in [1.54, 1.807) is 49.4 Å². The van der Waals surface area contributed by atoms with Gasteiger partial charge in [-0.05, 0) is 42.8 Å². The first-order chi connectivity index (χ1) is 15.7. The van der Waals surface area contributed by atoms with Gasteiger partial charge in [-0.15, -0.1) is 0 Å². The van der Waals surface area contributed by atoms with Crippen LogP contribution in [0.15, 0.2) is 76.7 Å². The number of rotatable bonds is 8. The molecule has 0 aliphatic rings. The number of non-ortho nitro benzene ring substituents is 1. The van der Waals surface area contributed by atoms with Crippen molar-refractivity contribution in [3.05, 3.63) is 88.0 Å². The Morgan fingerprint density at radius 1 is 1.09 bits per heavy atom. The van der Waals surface area contributed by atoms with Crippen molar-refractivity contribution in [1.29, 1.82) is 5.26 Å². The highest BCUT2D eigenvalue weighted by atomic mass is 32.2. The molecule has 0 spiro atoms. The number of para-hydroxylation sites is 2. The van der Waals surface area contributed by atoms with Crippen molar-refractivity contribution in [2.45, 2.75) is 11.8 Å². The molecule has 0 amide bonds. The van der Waals surface area contributed by atoms with Gasteiger partial charge in [-0.3, -0.25) is 20.3 Å². The molecule has 0 unspecified atom stereocenters. The van der Waals surface area contributed by atoms with Crippen LogP contribution in [0.3, 0.4) is 0 Å². The van der Waals surface area contributed by atoms with Crippen molar-refractivity contribution in [3.63, 3.8) is 0 Å². The van der Waals surface area contributed by atoms with E-state index < -0.39 is 20.6 Å². The average Bonchev–Trinajstić information content (AvgIpc) is 2.82. The molecule has 0 aliphatic carbocycles. The van der Waals surface area contributed by atoms with Crippen LogP contribution in [0, 0.1) is 21.4 Å². The topological polar surface area (TPSA) is 147 Å². The Kier molecular flexibility index (Phi) is 6.90. The highest BCUT2D eigenvalue weighted by Crippen LogP contribution is 2.31. The summed E-state index contributed by atoms with van der Waals surface area (Å²) < 4.78 is 33.9. The van der Waals surface area contributed by atoms with Gasteiger partial charge in [-0.2, -0.15) is 10.4 Å². The maximum atomic E-state index is 13.1. The van der Waals surface area contributed by atoms with E-state index in [1.807, 2.05) is 6.07 Å². The summed E-state index contributed by atoms with van der Waals surface area (Å²) in [6.07, 6.45) is 0. The zero-order valence-corrected chi connectivity index (χ0v) is 18.5. The standard InChI is InChI=1S/C22H19N5O5S/c1-15(17-9-7-16(14-23)8-10-17)24-25-20-12-11-18(27(28)29)13-22(20)33(30,31)26-19-5-3-4-6-21(19)32-2/h3-13,25-26H,1-2H3/b24-15-. The molecule has 10 nitrogen and oxygen atoms in total. The number of anilines is 2. The number of hydrazone groups is 1. The number of sulfonamides is 1. The molecule has 3 aromatic carbocycles. The number of nitro benzene ring substituents is 1. The van der Waals surface area contributed by atoms with E-state index in [4.69, 9.17) is 10.00 Å². The van der Waals surface area contributed by atoms with Crippen molar-refractivity contribution in [3.8, 4) is 11.8 Å². The van der Waals surface area contributed by atoms with E-state index in [9.17, 15) is 18.5 Å². The normalized spacial score (nSPS) is 11.4. The number of ether oxygens (including phenoxy) is 1. The predicted octanol–water partition coefficient (Wildman–Crippen LogP) is 4.11. The minimum atomic E-state index is -4.26. The lowest BCUT2D eigenvalue weighted by Crippen LogP contribution is -2.16. The SMILES string of the molecule is COc1ccccc1NS(=O)(=O)c1cc([N+](=O)[O-])ccc1N/N=C(/C)c1ccc(C#N)cc1. The van der Waals surface area contributed by atoms with Gasteiger partial charge in [0.15, 0.2) is 0 Å². The summed E-state index contributed by atoms with van der Waals surface area (Å²) >= 11 is 0. The van der Waals surface area contributed by atoms with Crippen LogP contribution in [0.4, 0.5) is 17.1 Å². The van der Waals surface area contributed by atoms with Crippen LogP contribution in [-0.2, 0) is 10.0 Å². The Morgan fingerprint density at radius 3 is 2.42 bits per heavy atom. The first-order valence-electron chi connectivity index (χ1n) is 9.50. The molecule has 0 aromatic heterocycles. The van der Waals surface area contributed by atoms with Crippen LogP contribution in [0.25, 0.3) is 0 Å². The summed E-state index contributed by atoms with van der Waals surface area (Å²) in [7, 11) is -2.86. The van der Waals surface area contributed by atoms with Crippen molar-refractivity contribution in [2.75, 3.05) is 17.3 Å². The summed E-state index contributed by atoms with van der Waals surface area (Å²) in [5.74, 6) is 0.288. The van der Waals surface area contributed by atoms with Gasteiger partial charge in [-0.25, -0.2) is 8.42 Å². The molecule has 0 saturated carbocycles. The fourth-order valence-corrected chi connectivity index (χ4v) is 4.11. The third-order valence-electron chi connectivity index (χ3n) is 4.59. The molecule has 0 radical (unpaired) electrons. The zero-order valence-electron chi connectivity index (χ0n) is 17.6. The van der Waals surface area contributed by atoms with E-state index >= 15 is 0 Å². The molecular weight excluding hydrogens is 446 g/mol. The average molecular weight is 465 g/mol. The maximum Gasteiger partial charge on any atom is 0.270 e. The van der Waals surface area contributed by atoms with E-state index in [0.29, 0.717) is 16.8 Å². The third-order valence-corrected chi connectivity index (χ3v) is 6.00. The molecule has 0 aliphatic heterocycles.